The van der Waals surface area contributed by atoms with Crippen molar-refractivity contribution < 1.29 is 9.59 Å². The van der Waals surface area contributed by atoms with Gasteiger partial charge in [-0.05, 0) is 31.4 Å². The predicted octanol–water partition coefficient (Wildman–Crippen LogP) is 0.868. The lowest BCUT2D eigenvalue weighted by molar-refractivity contribution is -0.136. The predicted molar refractivity (Wildman–Crippen MR) is 66.4 cm³/mol. The summed E-state index contributed by atoms with van der Waals surface area (Å²) in [6, 6.07) is 0. The Labute approximate surface area is 101 Å². The topological polar surface area (TPSA) is 49.4 Å². The van der Waals surface area contributed by atoms with Crippen LogP contribution in [0.3, 0.4) is 0 Å². The first-order valence-electron chi connectivity index (χ1n) is 5.76. The van der Waals surface area contributed by atoms with Crippen molar-refractivity contribution >= 4 is 23.6 Å². The largest absolute Gasteiger partial charge is 0.294 e. The SMILES string of the molecule is CSCCCCCCN1CC(=O)NC(=O)C1. The normalized spacial score (nSPS) is 17.6. The Morgan fingerprint density at radius 2 is 1.75 bits per heavy atom. The zero-order valence-corrected chi connectivity index (χ0v) is 10.6. The summed E-state index contributed by atoms with van der Waals surface area (Å²) in [6.45, 7) is 1.60. The number of nitrogens with one attached hydrogen (secondary N) is 1. The molecular weight excluding hydrogens is 224 g/mol. The molecule has 0 atom stereocenters. The average Bonchev–Trinajstić information content (AvgIpc) is 2.22. The fourth-order valence-electron chi connectivity index (χ4n) is 1.79. The summed E-state index contributed by atoms with van der Waals surface area (Å²) in [4.78, 5) is 24.1. The minimum Gasteiger partial charge on any atom is -0.294 e. The molecule has 1 aliphatic rings. The van der Waals surface area contributed by atoms with Crippen LogP contribution >= 0.6 is 11.8 Å². The molecular formula is C11H20N2O2S. The molecule has 2 amide bonds. The van der Waals surface area contributed by atoms with Crippen LogP contribution in [0, 0.1) is 0 Å². The van der Waals surface area contributed by atoms with E-state index in [1.54, 1.807) is 0 Å². The molecule has 1 heterocycles. The number of piperazine rings is 1. The van der Waals surface area contributed by atoms with E-state index in [0.29, 0.717) is 13.1 Å². The van der Waals surface area contributed by atoms with E-state index in [0.717, 1.165) is 13.0 Å². The summed E-state index contributed by atoms with van der Waals surface area (Å²) in [5.41, 5.74) is 0. The number of amides is 2. The Kier molecular flexibility index (Phi) is 6.49. The van der Waals surface area contributed by atoms with Crippen molar-refractivity contribution in [1.29, 1.82) is 0 Å². The van der Waals surface area contributed by atoms with Gasteiger partial charge in [-0.1, -0.05) is 12.8 Å². The van der Waals surface area contributed by atoms with Crippen LogP contribution in [0.4, 0.5) is 0 Å². The summed E-state index contributed by atoms with van der Waals surface area (Å²) in [5, 5.41) is 2.31. The Hall–Kier alpha value is -0.550. The number of carbonyl (C=O) groups excluding carboxylic acids is 2. The molecule has 0 saturated carbocycles. The first-order valence-corrected chi connectivity index (χ1v) is 7.15. The monoisotopic (exact) mass is 244 g/mol. The summed E-state index contributed by atoms with van der Waals surface area (Å²) in [5.74, 6) is 0.891. The Morgan fingerprint density at radius 1 is 1.12 bits per heavy atom. The molecule has 1 fully saturated rings. The van der Waals surface area contributed by atoms with E-state index in [-0.39, 0.29) is 11.8 Å². The van der Waals surface area contributed by atoms with E-state index >= 15 is 0 Å². The van der Waals surface area contributed by atoms with Gasteiger partial charge >= 0.3 is 0 Å². The summed E-state index contributed by atoms with van der Waals surface area (Å²) in [7, 11) is 0. The zero-order valence-electron chi connectivity index (χ0n) is 9.83. The smallest absolute Gasteiger partial charge is 0.240 e. The molecule has 1 rings (SSSR count). The number of nitrogens with zero attached hydrogens (tertiary/aromatic N) is 1. The van der Waals surface area contributed by atoms with Crippen LogP contribution < -0.4 is 5.32 Å². The van der Waals surface area contributed by atoms with Crippen molar-refractivity contribution in [2.24, 2.45) is 0 Å². The van der Waals surface area contributed by atoms with E-state index in [4.69, 9.17) is 0 Å². The standard InChI is InChI=1S/C11H20N2O2S/c1-16-7-5-3-2-4-6-13-8-10(14)12-11(15)9-13/h2-9H2,1H3,(H,12,14,15). The van der Waals surface area contributed by atoms with Gasteiger partial charge in [0, 0.05) is 0 Å². The summed E-state index contributed by atoms with van der Waals surface area (Å²) in [6.07, 6.45) is 6.90. The van der Waals surface area contributed by atoms with Crippen molar-refractivity contribution in [3.05, 3.63) is 0 Å². The van der Waals surface area contributed by atoms with Gasteiger partial charge in [0.1, 0.15) is 0 Å². The van der Waals surface area contributed by atoms with Gasteiger partial charge in [-0.2, -0.15) is 11.8 Å². The van der Waals surface area contributed by atoms with Crippen LogP contribution in [0.2, 0.25) is 0 Å². The molecule has 0 aliphatic carbocycles. The Morgan fingerprint density at radius 3 is 2.38 bits per heavy atom. The molecule has 0 aromatic carbocycles. The van der Waals surface area contributed by atoms with Crippen molar-refractivity contribution in [3.63, 3.8) is 0 Å². The van der Waals surface area contributed by atoms with Gasteiger partial charge in [0.25, 0.3) is 0 Å². The Balaban J connectivity index is 2.04. The van der Waals surface area contributed by atoms with Gasteiger partial charge in [0.2, 0.25) is 11.8 Å². The molecule has 0 spiro atoms. The van der Waals surface area contributed by atoms with Crippen molar-refractivity contribution in [2.75, 3.05) is 31.6 Å². The molecule has 16 heavy (non-hydrogen) atoms. The maximum atomic E-state index is 11.1. The lowest BCUT2D eigenvalue weighted by Crippen LogP contribution is -2.51. The van der Waals surface area contributed by atoms with Crippen LogP contribution in [-0.4, -0.2) is 48.4 Å². The highest BCUT2D eigenvalue weighted by molar-refractivity contribution is 7.98. The lowest BCUT2D eigenvalue weighted by Gasteiger charge is -2.24. The minimum absolute atomic E-state index is 0.168. The van der Waals surface area contributed by atoms with Crippen molar-refractivity contribution in [2.45, 2.75) is 25.7 Å². The maximum absolute atomic E-state index is 11.1. The van der Waals surface area contributed by atoms with E-state index in [1.807, 2.05) is 16.7 Å². The van der Waals surface area contributed by atoms with E-state index in [1.165, 1.54) is 25.0 Å². The average molecular weight is 244 g/mol. The van der Waals surface area contributed by atoms with Gasteiger partial charge in [0.15, 0.2) is 0 Å². The molecule has 4 nitrogen and oxygen atoms in total. The van der Waals surface area contributed by atoms with E-state index in [9.17, 15) is 9.59 Å². The fourth-order valence-corrected chi connectivity index (χ4v) is 2.28. The molecule has 0 unspecified atom stereocenters. The lowest BCUT2D eigenvalue weighted by atomic mass is 10.2. The van der Waals surface area contributed by atoms with Crippen LogP contribution in [0.15, 0.2) is 0 Å². The summed E-state index contributed by atoms with van der Waals surface area (Å²) >= 11 is 1.88. The first kappa shape index (κ1) is 13.5. The third-order valence-electron chi connectivity index (χ3n) is 2.59. The number of hydrogen-bond acceptors (Lipinski definition) is 4. The third-order valence-corrected chi connectivity index (χ3v) is 3.28. The third kappa shape index (κ3) is 5.51. The van der Waals surface area contributed by atoms with E-state index < -0.39 is 0 Å². The Bertz CT molecular complexity index is 230. The molecule has 1 saturated heterocycles. The van der Waals surface area contributed by atoms with Gasteiger partial charge in [0.05, 0.1) is 13.1 Å². The van der Waals surface area contributed by atoms with Gasteiger partial charge < -0.3 is 0 Å². The number of rotatable bonds is 7. The number of hydrogen-bond donors (Lipinski definition) is 1. The van der Waals surface area contributed by atoms with E-state index in [2.05, 4.69) is 11.6 Å². The summed E-state index contributed by atoms with van der Waals surface area (Å²) < 4.78 is 0. The number of imide groups is 1. The molecule has 1 N–H and O–H groups in total. The number of carbonyl (C=O) groups is 2. The second kappa shape index (κ2) is 7.68. The van der Waals surface area contributed by atoms with Gasteiger partial charge in [-0.25, -0.2) is 0 Å². The molecule has 0 bridgehead atoms. The first-order chi connectivity index (χ1) is 7.72. The molecule has 0 radical (unpaired) electrons. The second-order valence-corrected chi connectivity index (χ2v) is 5.07. The fraction of sp³-hybridized carbons (Fsp3) is 0.818. The van der Waals surface area contributed by atoms with Crippen LogP contribution in [0.25, 0.3) is 0 Å². The highest BCUT2D eigenvalue weighted by atomic mass is 32.2. The van der Waals surface area contributed by atoms with Crippen LogP contribution in [0.1, 0.15) is 25.7 Å². The molecule has 92 valence electrons. The minimum atomic E-state index is -0.168. The van der Waals surface area contributed by atoms with Gasteiger partial charge in [-0.15, -0.1) is 0 Å². The number of thioether (sulfide) groups is 1. The second-order valence-electron chi connectivity index (χ2n) is 4.09. The molecule has 5 heteroatoms. The maximum Gasteiger partial charge on any atom is 0.240 e. The van der Waals surface area contributed by atoms with Crippen LogP contribution in [-0.2, 0) is 9.59 Å². The van der Waals surface area contributed by atoms with Gasteiger partial charge in [-0.3, -0.25) is 19.8 Å². The van der Waals surface area contributed by atoms with Crippen LogP contribution in [0.5, 0.6) is 0 Å². The zero-order chi connectivity index (χ0) is 11.8. The quantitative estimate of drug-likeness (QED) is 0.533. The highest BCUT2D eigenvalue weighted by Gasteiger charge is 2.21. The highest BCUT2D eigenvalue weighted by Crippen LogP contribution is 2.06. The van der Waals surface area contributed by atoms with Crippen molar-refractivity contribution in [3.8, 4) is 0 Å². The molecule has 0 aromatic heterocycles. The van der Waals surface area contributed by atoms with Crippen molar-refractivity contribution in [1.82, 2.24) is 10.2 Å². The molecule has 1 aliphatic heterocycles. The molecule has 0 aromatic rings. The number of unbranched alkanes of at least 4 members (excludes halogenated alkanes) is 3.